The molecule has 0 rings (SSSR count). The molecule has 0 bridgehead atoms. The summed E-state index contributed by atoms with van der Waals surface area (Å²) >= 11 is 0. The average Bonchev–Trinajstić information content (AvgIpc) is 2.14. The van der Waals surface area contributed by atoms with Gasteiger partial charge in [0.25, 0.3) is 0 Å². The van der Waals surface area contributed by atoms with Crippen molar-refractivity contribution in [3.8, 4) is 0 Å². The number of carbonyl (C=O) groups is 2. The topological polar surface area (TPSA) is 116 Å². The number of carboxylic acids is 1. The largest absolute Gasteiger partial charge is 0.481 e. The van der Waals surface area contributed by atoms with Crippen LogP contribution in [0.1, 0.15) is 12.8 Å². The summed E-state index contributed by atoms with van der Waals surface area (Å²) in [5, 5.41) is 8.05. The third-order valence-electron chi connectivity index (χ3n) is 0.937. The fourth-order valence-electron chi connectivity index (χ4n) is 0.311. The van der Waals surface area contributed by atoms with Gasteiger partial charge < -0.3 is 21.3 Å². The van der Waals surface area contributed by atoms with Crippen molar-refractivity contribution >= 4 is 11.9 Å². The zero-order valence-electron chi connectivity index (χ0n) is 7.66. The molecule has 0 atom stereocenters. The molecule has 6 heteroatoms. The maximum atomic E-state index is 10.2. The molecule has 6 nitrogen and oxygen atoms in total. The van der Waals surface area contributed by atoms with Crippen molar-refractivity contribution in [2.75, 3.05) is 20.2 Å². The highest BCUT2D eigenvalue weighted by molar-refractivity contribution is 5.76. The summed E-state index contributed by atoms with van der Waals surface area (Å²) in [7, 11) is 1.23. The van der Waals surface area contributed by atoms with Crippen molar-refractivity contribution in [1.82, 2.24) is 0 Å². The van der Waals surface area contributed by atoms with Crippen LogP contribution < -0.4 is 11.5 Å². The van der Waals surface area contributed by atoms with E-state index in [9.17, 15) is 9.59 Å². The Morgan fingerprint density at radius 3 is 1.92 bits per heavy atom. The van der Waals surface area contributed by atoms with Gasteiger partial charge in [0.1, 0.15) is 0 Å². The van der Waals surface area contributed by atoms with Crippen LogP contribution in [-0.2, 0) is 14.3 Å². The summed E-state index contributed by atoms with van der Waals surface area (Å²) in [6.45, 7) is 1.19. The molecule has 0 radical (unpaired) electrons. The zero-order valence-corrected chi connectivity index (χ0v) is 7.66. The van der Waals surface area contributed by atoms with Crippen LogP contribution in [-0.4, -0.2) is 37.2 Å². The summed E-state index contributed by atoms with van der Waals surface area (Å²) in [6, 6.07) is 0. The molecule has 0 unspecified atom stereocenters. The van der Waals surface area contributed by atoms with Gasteiger partial charge in [0.15, 0.2) is 0 Å². The van der Waals surface area contributed by atoms with E-state index in [1.807, 2.05) is 0 Å². The highest BCUT2D eigenvalue weighted by Crippen LogP contribution is 1.89. The van der Waals surface area contributed by atoms with Gasteiger partial charge in [-0.3, -0.25) is 9.59 Å². The monoisotopic (exact) mass is 192 g/mol. The standard InChI is InChI=1S/C5H8O4.C2H8N2/c1-9-5(8)3-2-4(6)7;3-1-2-4/h2-3H2,1H3,(H,6,7);1-4H2. The molecule has 0 aliphatic heterocycles. The van der Waals surface area contributed by atoms with Crippen molar-refractivity contribution in [2.24, 2.45) is 11.5 Å². The highest BCUT2D eigenvalue weighted by Gasteiger charge is 2.02. The quantitative estimate of drug-likeness (QED) is 0.488. The smallest absolute Gasteiger partial charge is 0.306 e. The van der Waals surface area contributed by atoms with Gasteiger partial charge in [-0.2, -0.15) is 0 Å². The third-order valence-corrected chi connectivity index (χ3v) is 0.937. The lowest BCUT2D eigenvalue weighted by Gasteiger charge is -1.92. The average molecular weight is 192 g/mol. The van der Waals surface area contributed by atoms with Crippen LogP contribution in [0.2, 0.25) is 0 Å². The lowest BCUT2D eigenvalue weighted by Crippen LogP contribution is -2.11. The number of aliphatic carboxylic acids is 1. The summed E-state index contributed by atoms with van der Waals surface area (Å²) in [6.07, 6.45) is -0.210. The second-order valence-electron chi connectivity index (χ2n) is 2.05. The Morgan fingerprint density at radius 1 is 1.23 bits per heavy atom. The summed E-state index contributed by atoms with van der Waals surface area (Å²) < 4.78 is 4.20. The van der Waals surface area contributed by atoms with Crippen LogP contribution in [0.25, 0.3) is 0 Å². The number of esters is 1. The van der Waals surface area contributed by atoms with Gasteiger partial charge in [-0.15, -0.1) is 0 Å². The lowest BCUT2D eigenvalue weighted by molar-refractivity contribution is -0.145. The van der Waals surface area contributed by atoms with Crippen LogP contribution in [0.5, 0.6) is 0 Å². The second kappa shape index (κ2) is 10.9. The number of hydrogen-bond donors (Lipinski definition) is 3. The Bertz CT molecular complexity index is 147. The number of hydrogen-bond acceptors (Lipinski definition) is 5. The molecule has 0 aromatic rings. The number of carboxylic acid groups (broad SMARTS) is 1. The molecule has 0 fully saturated rings. The van der Waals surface area contributed by atoms with Crippen molar-refractivity contribution in [3.63, 3.8) is 0 Å². The van der Waals surface area contributed by atoms with E-state index in [1.54, 1.807) is 0 Å². The molecular weight excluding hydrogens is 176 g/mol. The van der Waals surface area contributed by atoms with Gasteiger partial charge >= 0.3 is 11.9 Å². The Labute approximate surface area is 76.8 Å². The van der Waals surface area contributed by atoms with E-state index in [2.05, 4.69) is 4.74 Å². The van der Waals surface area contributed by atoms with E-state index in [1.165, 1.54) is 7.11 Å². The van der Waals surface area contributed by atoms with Crippen molar-refractivity contribution < 1.29 is 19.4 Å². The highest BCUT2D eigenvalue weighted by atomic mass is 16.5. The third kappa shape index (κ3) is 18.1. The van der Waals surface area contributed by atoms with Crippen LogP contribution >= 0.6 is 0 Å². The number of nitrogens with two attached hydrogens (primary N) is 2. The van der Waals surface area contributed by atoms with E-state index in [0.717, 1.165) is 0 Å². The van der Waals surface area contributed by atoms with E-state index in [4.69, 9.17) is 16.6 Å². The maximum absolute atomic E-state index is 10.2. The first-order valence-electron chi connectivity index (χ1n) is 3.77. The first-order valence-corrected chi connectivity index (χ1v) is 3.77. The minimum absolute atomic E-state index is 0.0498. The fourth-order valence-corrected chi connectivity index (χ4v) is 0.311. The molecule has 0 spiro atoms. The van der Waals surface area contributed by atoms with E-state index >= 15 is 0 Å². The number of carbonyl (C=O) groups excluding carboxylic acids is 1. The predicted octanol–water partition coefficient (Wildman–Crippen LogP) is -1.07. The second-order valence-corrected chi connectivity index (χ2v) is 2.05. The van der Waals surface area contributed by atoms with Crippen LogP contribution in [0.3, 0.4) is 0 Å². The number of ether oxygens (including phenoxy) is 1. The Balaban J connectivity index is 0. The first-order chi connectivity index (χ1) is 6.08. The molecule has 0 saturated carbocycles. The summed E-state index contributed by atoms with van der Waals surface area (Å²) in [4.78, 5) is 20.0. The SMILES string of the molecule is COC(=O)CCC(=O)O.NCCN. The van der Waals surface area contributed by atoms with Gasteiger partial charge in [-0.1, -0.05) is 0 Å². The molecule has 0 aromatic heterocycles. The van der Waals surface area contributed by atoms with Gasteiger partial charge in [-0.05, 0) is 0 Å². The predicted molar refractivity (Wildman–Crippen MR) is 47.0 cm³/mol. The Morgan fingerprint density at radius 2 is 1.69 bits per heavy atom. The molecule has 13 heavy (non-hydrogen) atoms. The molecule has 0 heterocycles. The van der Waals surface area contributed by atoms with Gasteiger partial charge in [0, 0.05) is 13.1 Å². The molecule has 0 aliphatic carbocycles. The van der Waals surface area contributed by atoms with Crippen LogP contribution in [0, 0.1) is 0 Å². The minimum Gasteiger partial charge on any atom is -0.481 e. The number of rotatable bonds is 4. The zero-order chi connectivity index (χ0) is 10.7. The number of methoxy groups -OCH3 is 1. The Hall–Kier alpha value is -1.14. The van der Waals surface area contributed by atoms with E-state index in [-0.39, 0.29) is 12.8 Å². The van der Waals surface area contributed by atoms with Crippen molar-refractivity contribution in [1.29, 1.82) is 0 Å². The molecule has 5 N–H and O–H groups in total. The molecule has 0 aromatic carbocycles. The summed E-state index contributed by atoms with van der Waals surface area (Å²) in [5.74, 6) is -1.47. The normalized spacial score (nSPS) is 8.23. The summed E-state index contributed by atoms with van der Waals surface area (Å²) in [5.41, 5.74) is 9.81. The Kier molecular flexibility index (Phi) is 12.0. The molecule has 0 aliphatic rings. The molecule has 0 amide bonds. The lowest BCUT2D eigenvalue weighted by atomic mass is 10.3. The van der Waals surface area contributed by atoms with Crippen LogP contribution in [0.15, 0.2) is 0 Å². The first kappa shape index (κ1) is 14.4. The molecule has 0 saturated heterocycles. The van der Waals surface area contributed by atoms with E-state index in [0.29, 0.717) is 13.1 Å². The van der Waals surface area contributed by atoms with E-state index < -0.39 is 11.9 Å². The maximum Gasteiger partial charge on any atom is 0.306 e. The van der Waals surface area contributed by atoms with Crippen molar-refractivity contribution in [2.45, 2.75) is 12.8 Å². The van der Waals surface area contributed by atoms with Crippen molar-refractivity contribution in [3.05, 3.63) is 0 Å². The van der Waals surface area contributed by atoms with Gasteiger partial charge in [0.2, 0.25) is 0 Å². The van der Waals surface area contributed by atoms with Crippen LogP contribution in [0.4, 0.5) is 0 Å². The molecule has 78 valence electrons. The van der Waals surface area contributed by atoms with Gasteiger partial charge in [0.05, 0.1) is 20.0 Å². The molecular formula is C7H16N2O4. The minimum atomic E-state index is -0.986. The van der Waals surface area contributed by atoms with Gasteiger partial charge in [-0.25, -0.2) is 0 Å². The fraction of sp³-hybridized carbons (Fsp3) is 0.714.